The van der Waals surface area contributed by atoms with Crippen LogP contribution < -0.4 is 5.32 Å². The summed E-state index contributed by atoms with van der Waals surface area (Å²) in [5.74, 6) is -1.79. The lowest BCUT2D eigenvalue weighted by atomic mass is 10.2. The Morgan fingerprint density at radius 2 is 1.85 bits per heavy atom. The first kappa shape index (κ1) is 18.1. The van der Waals surface area contributed by atoms with Gasteiger partial charge in [0, 0.05) is 25.1 Å². The van der Waals surface area contributed by atoms with Crippen LogP contribution in [0.3, 0.4) is 0 Å². The summed E-state index contributed by atoms with van der Waals surface area (Å²) in [6, 6.07) is 0. The number of carbonyl (C=O) groups is 3. The Labute approximate surface area is 119 Å². The van der Waals surface area contributed by atoms with Gasteiger partial charge in [-0.1, -0.05) is 13.3 Å². The third-order valence-electron chi connectivity index (χ3n) is 2.51. The van der Waals surface area contributed by atoms with Crippen molar-refractivity contribution in [3.8, 4) is 0 Å². The largest absolute Gasteiger partial charge is 0.478 e. The van der Waals surface area contributed by atoms with E-state index in [1.807, 2.05) is 0 Å². The van der Waals surface area contributed by atoms with E-state index in [0.717, 1.165) is 44.4 Å². The molecule has 2 N–H and O–H groups in total. The highest BCUT2D eigenvalue weighted by molar-refractivity contribution is 5.90. The van der Waals surface area contributed by atoms with Crippen LogP contribution in [0.5, 0.6) is 0 Å². The molecule has 1 amide bonds. The second kappa shape index (κ2) is 12.2. The van der Waals surface area contributed by atoms with Gasteiger partial charge in [0.1, 0.15) is 0 Å². The molecule has 6 nitrogen and oxygen atoms in total. The number of hydrogen-bond donors (Lipinski definition) is 2. The van der Waals surface area contributed by atoms with Gasteiger partial charge in [-0.3, -0.25) is 4.79 Å². The number of rotatable bonds is 11. The number of carboxylic acids is 1. The molecule has 0 aromatic carbocycles. The Morgan fingerprint density at radius 3 is 2.50 bits per heavy atom. The summed E-state index contributed by atoms with van der Waals surface area (Å²) in [6.45, 7) is 3.03. The van der Waals surface area contributed by atoms with Crippen LogP contribution in [-0.2, 0) is 19.1 Å². The van der Waals surface area contributed by atoms with Gasteiger partial charge in [0.15, 0.2) is 0 Å². The summed E-state index contributed by atoms with van der Waals surface area (Å²) in [5.41, 5.74) is 0. The number of nitrogens with one attached hydrogen (secondary N) is 1. The van der Waals surface area contributed by atoms with Gasteiger partial charge < -0.3 is 15.2 Å². The highest BCUT2D eigenvalue weighted by Crippen LogP contribution is 2.00. The van der Waals surface area contributed by atoms with E-state index in [1.165, 1.54) is 0 Å². The number of esters is 1. The molecule has 0 aliphatic carbocycles. The molecule has 0 aromatic heterocycles. The molecule has 6 heteroatoms. The van der Waals surface area contributed by atoms with Crippen LogP contribution in [0.2, 0.25) is 0 Å². The molecular weight excluding hydrogens is 262 g/mol. The van der Waals surface area contributed by atoms with E-state index in [9.17, 15) is 14.4 Å². The van der Waals surface area contributed by atoms with E-state index in [1.54, 1.807) is 0 Å². The minimum atomic E-state index is -1.18. The lowest BCUT2D eigenvalue weighted by molar-refractivity contribution is -0.138. The van der Waals surface area contributed by atoms with Gasteiger partial charge in [-0.2, -0.15) is 0 Å². The topological polar surface area (TPSA) is 92.7 Å². The molecule has 0 aliphatic rings. The van der Waals surface area contributed by atoms with Crippen LogP contribution in [0.4, 0.5) is 0 Å². The SMILES string of the molecule is CCCCNC(=O)CCCCCOC(=O)/C=C/C(=O)O. The minimum absolute atomic E-state index is 0.0554. The lowest BCUT2D eigenvalue weighted by Gasteiger charge is -2.04. The molecule has 20 heavy (non-hydrogen) atoms. The summed E-state index contributed by atoms with van der Waals surface area (Å²) < 4.78 is 4.79. The first-order chi connectivity index (χ1) is 9.56. The van der Waals surface area contributed by atoms with Crippen molar-refractivity contribution in [1.29, 1.82) is 0 Å². The van der Waals surface area contributed by atoms with Crippen LogP contribution >= 0.6 is 0 Å². The van der Waals surface area contributed by atoms with E-state index >= 15 is 0 Å². The maximum absolute atomic E-state index is 11.3. The van der Waals surface area contributed by atoms with Gasteiger partial charge in [-0.15, -0.1) is 0 Å². The molecule has 0 unspecified atom stereocenters. The zero-order valence-corrected chi connectivity index (χ0v) is 11.9. The predicted molar refractivity (Wildman–Crippen MR) is 74.1 cm³/mol. The van der Waals surface area contributed by atoms with Crippen molar-refractivity contribution < 1.29 is 24.2 Å². The van der Waals surface area contributed by atoms with E-state index in [-0.39, 0.29) is 12.5 Å². The number of aliphatic carboxylic acids is 1. The highest BCUT2D eigenvalue weighted by Gasteiger charge is 2.01. The Bertz CT molecular complexity index is 338. The second-order valence-corrected chi connectivity index (χ2v) is 4.35. The maximum atomic E-state index is 11.3. The molecule has 0 radical (unpaired) electrons. The summed E-state index contributed by atoms with van der Waals surface area (Å²) in [5, 5.41) is 11.1. The molecule has 0 spiro atoms. The van der Waals surface area contributed by atoms with E-state index in [2.05, 4.69) is 12.2 Å². The summed E-state index contributed by atoms with van der Waals surface area (Å²) in [7, 11) is 0. The molecule has 0 saturated carbocycles. The summed E-state index contributed by atoms with van der Waals surface area (Å²) >= 11 is 0. The summed E-state index contributed by atoms with van der Waals surface area (Å²) in [4.78, 5) is 32.5. The van der Waals surface area contributed by atoms with Crippen molar-refractivity contribution in [1.82, 2.24) is 5.32 Å². The first-order valence-electron chi connectivity index (χ1n) is 6.90. The number of hydrogen-bond acceptors (Lipinski definition) is 4. The fourth-order valence-electron chi connectivity index (χ4n) is 1.42. The van der Waals surface area contributed by atoms with Gasteiger partial charge in [0.2, 0.25) is 5.91 Å². The van der Waals surface area contributed by atoms with Crippen LogP contribution in [-0.4, -0.2) is 36.1 Å². The van der Waals surface area contributed by atoms with E-state index in [0.29, 0.717) is 12.8 Å². The van der Waals surface area contributed by atoms with Crippen molar-refractivity contribution in [2.45, 2.75) is 45.4 Å². The minimum Gasteiger partial charge on any atom is -0.478 e. The number of unbranched alkanes of at least 4 members (excludes halogenated alkanes) is 3. The number of carbonyl (C=O) groups excluding carboxylic acids is 2. The van der Waals surface area contributed by atoms with Gasteiger partial charge >= 0.3 is 11.9 Å². The van der Waals surface area contributed by atoms with Gasteiger partial charge in [0.05, 0.1) is 6.61 Å². The second-order valence-electron chi connectivity index (χ2n) is 4.35. The van der Waals surface area contributed by atoms with Gasteiger partial charge in [-0.25, -0.2) is 9.59 Å². The Hall–Kier alpha value is -1.85. The molecule has 0 aromatic rings. The monoisotopic (exact) mass is 285 g/mol. The zero-order chi connectivity index (χ0) is 15.2. The normalized spacial score (nSPS) is 10.4. The van der Waals surface area contributed by atoms with E-state index < -0.39 is 11.9 Å². The fraction of sp³-hybridized carbons (Fsp3) is 0.643. The van der Waals surface area contributed by atoms with E-state index in [4.69, 9.17) is 9.84 Å². The van der Waals surface area contributed by atoms with Gasteiger partial charge in [-0.05, 0) is 25.7 Å². The molecular formula is C14H23NO5. The third-order valence-corrected chi connectivity index (χ3v) is 2.51. The fourth-order valence-corrected chi connectivity index (χ4v) is 1.42. The van der Waals surface area contributed by atoms with Crippen molar-refractivity contribution in [3.63, 3.8) is 0 Å². The smallest absolute Gasteiger partial charge is 0.331 e. The molecule has 0 fully saturated rings. The Morgan fingerprint density at radius 1 is 1.10 bits per heavy atom. The van der Waals surface area contributed by atoms with Crippen molar-refractivity contribution >= 4 is 17.8 Å². The molecule has 0 aliphatic heterocycles. The van der Waals surface area contributed by atoms with Gasteiger partial charge in [0.25, 0.3) is 0 Å². The van der Waals surface area contributed by atoms with Crippen LogP contribution in [0.15, 0.2) is 12.2 Å². The standard InChI is InChI=1S/C14H23NO5/c1-2-3-10-15-12(16)7-5-4-6-11-20-14(19)9-8-13(17)18/h8-9H,2-7,10-11H2,1H3,(H,15,16)(H,17,18)/b9-8+. The molecule has 0 atom stereocenters. The predicted octanol–water partition coefficient (Wildman–Crippen LogP) is 1.65. The molecule has 0 saturated heterocycles. The Kier molecular flexibility index (Phi) is 11.1. The lowest BCUT2D eigenvalue weighted by Crippen LogP contribution is -2.23. The third kappa shape index (κ3) is 12.6. The highest BCUT2D eigenvalue weighted by atomic mass is 16.5. The van der Waals surface area contributed by atoms with Crippen molar-refractivity contribution in [3.05, 3.63) is 12.2 Å². The molecule has 114 valence electrons. The average Bonchev–Trinajstić information content (AvgIpc) is 2.40. The maximum Gasteiger partial charge on any atom is 0.331 e. The van der Waals surface area contributed by atoms with Crippen molar-refractivity contribution in [2.24, 2.45) is 0 Å². The average molecular weight is 285 g/mol. The first-order valence-corrected chi connectivity index (χ1v) is 6.90. The number of ether oxygens (including phenoxy) is 1. The quantitative estimate of drug-likeness (QED) is 0.342. The molecule has 0 bridgehead atoms. The zero-order valence-electron chi connectivity index (χ0n) is 11.9. The summed E-state index contributed by atoms with van der Waals surface area (Å²) in [6.07, 6.45) is 6.35. The van der Waals surface area contributed by atoms with Crippen LogP contribution in [0.25, 0.3) is 0 Å². The molecule has 0 rings (SSSR count). The van der Waals surface area contributed by atoms with Crippen LogP contribution in [0.1, 0.15) is 45.4 Å². The Balaban J connectivity index is 3.42. The van der Waals surface area contributed by atoms with Crippen LogP contribution in [0, 0.1) is 0 Å². The molecule has 0 heterocycles. The van der Waals surface area contributed by atoms with Crippen molar-refractivity contribution in [2.75, 3.05) is 13.2 Å². The number of amides is 1. The number of carboxylic acid groups (broad SMARTS) is 1.